The number of nitrogens with two attached hydrogens (primary N) is 3. The molecule has 0 saturated heterocycles. The molecule has 4 saturated carbocycles. The molecule has 1 heterocycles. The molecule has 1 aromatic rings. The van der Waals surface area contributed by atoms with Gasteiger partial charge in [0.2, 0.25) is 0 Å². The average Bonchev–Trinajstić information content (AvgIpc) is 2.34. The Balaban J connectivity index is 1.73. The summed E-state index contributed by atoms with van der Waals surface area (Å²) in [6.07, 6.45) is 6.81. The molecule has 19 heavy (non-hydrogen) atoms. The van der Waals surface area contributed by atoms with E-state index in [0.717, 1.165) is 29.5 Å². The predicted octanol–water partition coefficient (Wildman–Crippen LogP) is 1.76. The molecule has 1 aromatic heterocycles. The van der Waals surface area contributed by atoms with Gasteiger partial charge in [-0.2, -0.15) is 0 Å². The maximum absolute atomic E-state index is 5.86. The van der Waals surface area contributed by atoms with Crippen LogP contribution >= 0.6 is 0 Å². The Morgan fingerprint density at radius 2 is 1.21 bits per heavy atom. The summed E-state index contributed by atoms with van der Waals surface area (Å²) in [5.41, 5.74) is 17.8. The molecule has 0 aliphatic heterocycles. The van der Waals surface area contributed by atoms with Crippen LogP contribution in [0.1, 0.15) is 43.8 Å². The SMILES string of the molecule is Nc1nc(C2C3CC4CC(C3)CC2C4)nc(N)c1N. The molecule has 102 valence electrons. The highest BCUT2D eigenvalue weighted by molar-refractivity contribution is 5.70. The van der Waals surface area contributed by atoms with Crippen LogP contribution in [-0.2, 0) is 0 Å². The predicted molar refractivity (Wildman–Crippen MR) is 75.1 cm³/mol. The van der Waals surface area contributed by atoms with E-state index in [1.54, 1.807) is 0 Å². The van der Waals surface area contributed by atoms with Crippen LogP contribution < -0.4 is 17.2 Å². The highest BCUT2D eigenvalue weighted by Crippen LogP contribution is 2.59. The van der Waals surface area contributed by atoms with Gasteiger partial charge in [-0.1, -0.05) is 0 Å². The third kappa shape index (κ3) is 1.60. The summed E-state index contributed by atoms with van der Waals surface area (Å²) in [6, 6.07) is 0. The summed E-state index contributed by atoms with van der Waals surface area (Å²) in [4.78, 5) is 8.88. The molecule has 6 N–H and O–H groups in total. The van der Waals surface area contributed by atoms with Gasteiger partial charge in [0, 0.05) is 5.92 Å². The molecule has 0 atom stereocenters. The van der Waals surface area contributed by atoms with Crippen molar-refractivity contribution < 1.29 is 0 Å². The van der Waals surface area contributed by atoms with E-state index in [9.17, 15) is 0 Å². The van der Waals surface area contributed by atoms with Gasteiger partial charge in [-0.3, -0.25) is 0 Å². The minimum absolute atomic E-state index is 0.326. The van der Waals surface area contributed by atoms with Crippen molar-refractivity contribution in [1.29, 1.82) is 0 Å². The van der Waals surface area contributed by atoms with Gasteiger partial charge in [0.15, 0.2) is 11.6 Å². The fourth-order valence-electron chi connectivity index (χ4n) is 5.02. The molecular weight excluding hydrogens is 238 g/mol. The molecule has 4 fully saturated rings. The van der Waals surface area contributed by atoms with Crippen LogP contribution in [0.25, 0.3) is 0 Å². The van der Waals surface area contributed by atoms with Gasteiger partial charge < -0.3 is 17.2 Å². The lowest BCUT2D eigenvalue weighted by atomic mass is 9.51. The van der Waals surface area contributed by atoms with Crippen molar-refractivity contribution in [3.05, 3.63) is 5.82 Å². The van der Waals surface area contributed by atoms with Crippen molar-refractivity contribution in [2.45, 2.75) is 38.0 Å². The second-order valence-electron chi connectivity index (χ2n) is 6.72. The zero-order valence-electron chi connectivity index (χ0n) is 11.0. The van der Waals surface area contributed by atoms with Crippen molar-refractivity contribution in [1.82, 2.24) is 9.97 Å². The molecule has 4 aliphatic rings. The van der Waals surface area contributed by atoms with Gasteiger partial charge in [0.25, 0.3) is 0 Å². The van der Waals surface area contributed by atoms with E-state index in [1.807, 2.05) is 0 Å². The van der Waals surface area contributed by atoms with Crippen LogP contribution in [0.5, 0.6) is 0 Å². The summed E-state index contributed by atoms with van der Waals surface area (Å²) in [7, 11) is 0. The van der Waals surface area contributed by atoms with Gasteiger partial charge in [0.1, 0.15) is 11.5 Å². The molecule has 0 aromatic carbocycles. The lowest BCUT2D eigenvalue weighted by molar-refractivity contribution is -0.00554. The largest absolute Gasteiger partial charge is 0.393 e. The van der Waals surface area contributed by atoms with Gasteiger partial charge >= 0.3 is 0 Å². The van der Waals surface area contributed by atoms with Crippen molar-refractivity contribution in [3.8, 4) is 0 Å². The smallest absolute Gasteiger partial charge is 0.152 e. The first-order valence-electron chi connectivity index (χ1n) is 7.30. The second-order valence-corrected chi connectivity index (χ2v) is 6.72. The monoisotopic (exact) mass is 259 g/mol. The third-order valence-corrected chi connectivity index (χ3v) is 5.55. The minimum atomic E-state index is 0.326. The highest BCUT2D eigenvalue weighted by Gasteiger charge is 2.49. The Bertz CT molecular complexity index is 476. The average molecular weight is 259 g/mol. The summed E-state index contributed by atoms with van der Waals surface area (Å²) in [5, 5.41) is 0. The first kappa shape index (κ1) is 11.3. The number of rotatable bonds is 1. The van der Waals surface area contributed by atoms with E-state index in [2.05, 4.69) is 9.97 Å². The Kier molecular flexibility index (Phi) is 2.23. The standard InChI is InChI=1S/C14H21N5/c15-11-12(16)18-14(19-13(11)17)10-8-2-6-1-7(4-8)5-9(10)3-6/h6-10H,1-5,15H2,(H4,16,17,18,19). The zero-order valence-corrected chi connectivity index (χ0v) is 11.0. The zero-order chi connectivity index (χ0) is 13.1. The molecule has 4 aliphatic carbocycles. The van der Waals surface area contributed by atoms with Crippen molar-refractivity contribution in [3.63, 3.8) is 0 Å². The Hall–Kier alpha value is -1.52. The van der Waals surface area contributed by atoms with Crippen LogP contribution in [-0.4, -0.2) is 9.97 Å². The first-order chi connectivity index (χ1) is 9.11. The van der Waals surface area contributed by atoms with Gasteiger partial charge in [-0.15, -0.1) is 0 Å². The van der Waals surface area contributed by atoms with Crippen LogP contribution in [0.3, 0.4) is 0 Å². The van der Waals surface area contributed by atoms with E-state index < -0.39 is 0 Å². The molecule has 4 bridgehead atoms. The minimum Gasteiger partial charge on any atom is -0.393 e. The highest BCUT2D eigenvalue weighted by atomic mass is 15.0. The van der Waals surface area contributed by atoms with E-state index in [-0.39, 0.29) is 0 Å². The molecular formula is C14H21N5. The molecule has 0 amide bonds. The maximum Gasteiger partial charge on any atom is 0.152 e. The number of hydrogen-bond acceptors (Lipinski definition) is 5. The van der Waals surface area contributed by atoms with Crippen LogP contribution in [0.2, 0.25) is 0 Å². The number of hydrogen-bond donors (Lipinski definition) is 3. The Labute approximate surface area is 113 Å². The lowest BCUT2D eigenvalue weighted by Gasteiger charge is -2.53. The molecule has 0 unspecified atom stereocenters. The summed E-state index contributed by atoms with van der Waals surface area (Å²) >= 11 is 0. The van der Waals surface area contributed by atoms with Crippen molar-refractivity contribution in [2.24, 2.45) is 23.7 Å². The molecule has 5 heteroatoms. The van der Waals surface area contributed by atoms with Crippen LogP contribution in [0, 0.1) is 23.7 Å². The quantitative estimate of drug-likeness (QED) is 0.713. The van der Waals surface area contributed by atoms with Crippen molar-refractivity contribution >= 4 is 17.3 Å². The number of nitrogen functional groups attached to an aromatic ring is 3. The van der Waals surface area contributed by atoms with E-state index in [0.29, 0.717) is 23.2 Å². The fourth-order valence-corrected chi connectivity index (χ4v) is 5.02. The van der Waals surface area contributed by atoms with Crippen molar-refractivity contribution in [2.75, 3.05) is 17.2 Å². The Morgan fingerprint density at radius 3 is 1.68 bits per heavy atom. The number of anilines is 3. The van der Waals surface area contributed by atoms with E-state index in [4.69, 9.17) is 17.2 Å². The van der Waals surface area contributed by atoms with Gasteiger partial charge in [0.05, 0.1) is 0 Å². The summed E-state index contributed by atoms with van der Waals surface area (Å²) in [6.45, 7) is 0. The number of nitrogens with zero attached hydrogens (tertiary/aromatic N) is 2. The topological polar surface area (TPSA) is 104 Å². The molecule has 0 spiro atoms. The third-order valence-electron chi connectivity index (χ3n) is 5.55. The van der Waals surface area contributed by atoms with Crippen LogP contribution in [0.4, 0.5) is 17.3 Å². The van der Waals surface area contributed by atoms with E-state index >= 15 is 0 Å². The summed E-state index contributed by atoms with van der Waals surface area (Å²) < 4.78 is 0. The fraction of sp³-hybridized carbons (Fsp3) is 0.714. The first-order valence-corrected chi connectivity index (χ1v) is 7.30. The van der Waals surface area contributed by atoms with Gasteiger partial charge in [-0.25, -0.2) is 9.97 Å². The van der Waals surface area contributed by atoms with Crippen LogP contribution in [0.15, 0.2) is 0 Å². The normalized spacial score (nSPS) is 39.7. The maximum atomic E-state index is 5.86. The molecule has 5 rings (SSSR count). The lowest BCUT2D eigenvalue weighted by Crippen LogP contribution is -2.44. The molecule has 0 radical (unpaired) electrons. The van der Waals surface area contributed by atoms with E-state index in [1.165, 1.54) is 32.1 Å². The molecule has 5 nitrogen and oxygen atoms in total. The Morgan fingerprint density at radius 1 is 0.737 bits per heavy atom. The second kappa shape index (κ2) is 3.74. The number of aromatic nitrogens is 2. The summed E-state index contributed by atoms with van der Waals surface area (Å²) in [5.74, 6) is 5.35. The van der Waals surface area contributed by atoms with Gasteiger partial charge in [-0.05, 0) is 55.8 Å².